The third kappa shape index (κ3) is 3.12. The molecule has 0 saturated carbocycles. The number of amides is 1. The summed E-state index contributed by atoms with van der Waals surface area (Å²) in [5, 5.41) is 2.53. The third-order valence-electron chi connectivity index (χ3n) is 1.99. The van der Waals surface area contributed by atoms with Crippen LogP contribution in [0.1, 0.15) is 35.8 Å². The number of aromatic nitrogens is 1. The summed E-state index contributed by atoms with van der Waals surface area (Å²) in [7, 11) is 0. The standard InChI is InChI=1S/C11H12F2N2O/c1-3-7(2)15-11(16)8-4-5-9(10(12)13)14-6-8/h4-6,10H,2-3H2,1H3,(H,15,16). The van der Waals surface area contributed by atoms with Crippen molar-refractivity contribution < 1.29 is 13.6 Å². The molecule has 0 unspecified atom stereocenters. The molecule has 1 aromatic heterocycles. The van der Waals surface area contributed by atoms with Gasteiger partial charge >= 0.3 is 0 Å². The monoisotopic (exact) mass is 226 g/mol. The van der Waals surface area contributed by atoms with Crippen LogP contribution >= 0.6 is 0 Å². The molecule has 86 valence electrons. The zero-order valence-corrected chi connectivity index (χ0v) is 8.84. The molecular formula is C11H12F2N2O. The van der Waals surface area contributed by atoms with Crippen molar-refractivity contribution in [2.75, 3.05) is 0 Å². The molecular weight excluding hydrogens is 214 g/mol. The molecule has 3 nitrogen and oxygen atoms in total. The Morgan fingerprint density at radius 2 is 2.25 bits per heavy atom. The van der Waals surface area contributed by atoms with Crippen LogP contribution in [0, 0.1) is 0 Å². The maximum atomic E-state index is 12.2. The number of rotatable bonds is 4. The highest BCUT2D eigenvalue weighted by Gasteiger charge is 2.11. The van der Waals surface area contributed by atoms with Crippen molar-refractivity contribution in [3.63, 3.8) is 0 Å². The van der Waals surface area contributed by atoms with Gasteiger partial charge in [-0.1, -0.05) is 13.5 Å². The van der Waals surface area contributed by atoms with Crippen molar-refractivity contribution in [3.8, 4) is 0 Å². The van der Waals surface area contributed by atoms with Gasteiger partial charge in [0, 0.05) is 11.9 Å². The maximum absolute atomic E-state index is 12.2. The van der Waals surface area contributed by atoms with Crippen LogP contribution in [-0.2, 0) is 0 Å². The van der Waals surface area contributed by atoms with Crippen LogP contribution in [0.3, 0.4) is 0 Å². The first-order valence-electron chi connectivity index (χ1n) is 4.77. The number of nitrogens with one attached hydrogen (secondary N) is 1. The largest absolute Gasteiger partial charge is 0.326 e. The molecule has 1 aromatic rings. The van der Waals surface area contributed by atoms with E-state index in [0.717, 1.165) is 12.3 Å². The summed E-state index contributed by atoms with van der Waals surface area (Å²) in [6.45, 7) is 5.46. The van der Waals surface area contributed by atoms with Crippen LogP contribution in [0.2, 0.25) is 0 Å². The van der Waals surface area contributed by atoms with Crippen LogP contribution in [0.15, 0.2) is 30.6 Å². The molecule has 0 aliphatic carbocycles. The highest BCUT2D eigenvalue weighted by Crippen LogP contribution is 2.15. The Bertz CT molecular complexity index is 387. The summed E-state index contributed by atoms with van der Waals surface area (Å²) >= 11 is 0. The van der Waals surface area contributed by atoms with Crippen molar-refractivity contribution in [2.24, 2.45) is 0 Å². The lowest BCUT2D eigenvalue weighted by Crippen LogP contribution is -2.22. The van der Waals surface area contributed by atoms with Gasteiger partial charge in [-0.3, -0.25) is 9.78 Å². The SMILES string of the molecule is C=C(CC)NC(=O)c1ccc(C(F)F)nc1. The summed E-state index contributed by atoms with van der Waals surface area (Å²) in [5.74, 6) is -0.389. The van der Waals surface area contributed by atoms with Gasteiger partial charge in [-0.2, -0.15) is 0 Å². The molecule has 0 bridgehead atoms. The Labute approximate surface area is 92.2 Å². The van der Waals surface area contributed by atoms with Crippen molar-refractivity contribution >= 4 is 5.91 Å². The smallest absolute Gasteiger partial charge is 0.280 e. The molecule has 1 N–H and O–H groups in total. The minimum absolute atomic E-state index is 0.235. The van der Waals surface area contributed by atoms with Gasteiger partial charge in [-0.05, 0) is 18.6 Å². The minimum atomic E-state index is -2.62. The van der Waals surface area contributed by atoms with E-state index >= 15 is 0 Å². The van der Waals surface area contributed by atoms with Crippen molar-refractivity contribution in [1.29, 1.82) is 0 Å². The average molecular weight is 226 g/mol. The van der Waals surface area contributed by atoms with E-state index in [2.05, 4.69) is 16.9 Å². The maximum Gasteiger partial charge on any atom is 0.280 e. The van der Waals surface area contributed by atoms with Crippen molar-refractivity contribution in [2.45, 2.75) is 19.8 Å². The average Bonchev–Trinajstić information content (AvgIpc) is 2.28. The number of carbonyl (C=O) groups is 1. The number of nitrogens with zero attached hydrogens (tertiary/aromatic N) is 1. The first-order chi connectivity index (χ1) is 7.54. The molecule has 1 heterocycles. The lowest BCUT2D eigenvalue weighted by Gasteiger charge is -2.06. The van der Waals surface area contributed by atoms with Crippen molar-refractivity contribution in [1.82, 2.24) is 10.3 Å². The molecule has 0 radical (unpaired) electrons. The van der Waals surface area contributed by atoms with E-state index < -0.39 is 6.43 Å². The molecule has 0 atom stereocenters. The van der Waals surface area contributed by atoms with Crippen LogP contribution in [-0.4, -0.2) is 10.9 Å². The molecule has 0 aromatic carbocycles. The van der Waals surface area contributed by atoms with E-state index in [4.69, 9.17) is 0 Å². The highest BCUT2D eigenvalue weighted by molar-refractivity contribution is 5.94. The Balaban J connectivity index is 2.74. The summed E-state index contributed by atoms with van der Waals surface area (Å²) in [6.07, 6.45) is -0.878. The van der Waals surface area contributed by atoms with Gasteiger partial charge < -0.3 is 5.32 Å². The normalized spacial score (nSPS) is 10.2. The Morgan fingerprint density at radius 1 is 1.56 bits per heavy atom. The lowest BCUT2D eigenvalue weighted by molar-refractivity contribution is 0.0963. The Kier molecular flexibility index (Phi) is 4.10. The van der Waals surface area contributed by atoms with E-state index in [1.165, 1.54) is 6.07 Å². The van der Waals surface area contributed by atoms with Crippen LogP contribution in [0.25, 0.3) is 0 Å². The molecule has 0 fully saturated rings. The minimum Gasteiger partial charge on any atom is -0.326 e. The fraction of sp³-hybridized carbons (Fsp3) is 0.273. The Morgan fingerprint density at radius 3 is 2.69 bits per heavy atom. The lowest BCUT2D eigenvalue weighted by atomic mass is 10.2. The number of halogens is 2. The number of hydrogen-bond donors (Lipinski definition) is 1. The second-order valence-corrected chi connectivity index (χ2v) is 3.18. The predicted molar refractivity (Wildman–Crippen MR) is 56.1 cm³/mol. The van der Waals surface area contributed by atoms with Crippen LogP contribution < -0.4 is 5.32 Å². The third-order valence-corrected chi connectivity index (χ3v) is 1.99. The van der Waals surface area contributed by atoms with Gasteiger partial charge in [0.15, 0.2) is 0 Å². The van der Waals surface area contributed by atoms with E-state index in [1.54, 1.807) is 0 Å². The van der Waals surface area contributed by atoms with Gasteiger partial charge in [0.1, 0.15) is 5.69 Å². The highest BCUT2D eigenvalue weighted by atomic mass is 19.3. The molecule has 0 aliphatic rings. The molecule has 0 saturated heterocycles. The van der Waals surface area contributed by atoms with E-state index in [9.17, 15) is 13.6 Å². The first kappa shape index (κ1) is 12.3. The molecule has 0 aliphatic heterocycles. The number of hydrogen-bond acceptors (Lipinski definition) is 2. The van der Waals surface area contributed by atoms with E-state index in [1.807, 2.05) is 6.92 Å². The molecule has 5 heteroatoms. The molecule has 16 heavy (non-hydrogen) atoms. The van der Waals surface area contributed by atoms with E-state index in [-0.39, 0.29) is 17.2 Å². The molecule has 0 spiro atoms. The van der Waals surface area contributed by atoms with Crippen LogP contribution in [0.5, 0.6) is 0 Å². The fourth-order valence-corrected chi connectivity index (χ4v) is 0.990. The second kappa shape index (κ2) is 5.34. The zero-order valence-electron chi connectivity index (χ0n) is 8.84. The number of pyridine rings is 1. The predicted octanol–water partition coefficient (Wildman–Crippen LogP) is 2.67. The number of carbonyl (C=O) groups excluding carboxylic acids is 1. The summed E-state index contributed by atoms with van der Waals surface area (Å²) < 4.78 is 24.4. The van der Waals surface area contributed by atoms with Gasteiger partial charge in [-0.25, -0.2) is 8.78 Å². The van der Waals surface area contributed by atoms with Gasteiger partial charge in [0.2, 0.25) is 0 Å². The van der Waals surface area contributed by atoms with Gasteiger partial charge in [-0.15, -0.1) is 0 Å². The van der Waals surface area contributed by atoms with Gasteiger partial charge in [0.05, 0.1) is 5.56 Å². The summed E-state index contributed by atoms with van der Waals surface area (Å²) in [6, 6.07) is 2.45. The zero-order chi connectivity index (χ0) is 12.1. The number of alkyl halides is 2. The number of allylic oxidation sites excluding steroid dienone is 1. The van der Waals surface area contributed by atoms with Crippen molar-refractivity contribution in [3.05, 3.63) is 41.9 Å². The molecule has 1 amide bonds. The van der Waals surface area contributed by atoms with E-state index in [0.29, 0.717) is 12.1 Å². The first-order valence-corrected chi connectivity index (χ1v) is 4.77. The molecule has 1 rings (SSSR count). The topological polar surface area (TPSA) is 42.0 Å². The fourth-order valence-electron chi connectivity index (χ4n) is 0.990. The Hall–Kier alpha value is -1.78. The quantitative estimate of drug-likeness (QED) is 0.857. The second-order valence-electron chi connectivity index (χ2n) is 3.18. The van der Waals surface area contributed by atoms with Crippen LogP contribution in [0.4, 0.5) is 8.78 Å². The van der Waals surface area contributed by atoms with Gasteiger partial charge in [0.25, 0.3) is 12.3 Å². The summed E-state index contributed by atoms with van der Waals surface area (Å²) in [5.41, 5.74) is 0.466. The summed E-state index contributed by atoms with van der Waals surface area (Å²) in [4.78, 5) is 15.0.